The minimum Gasteiger partial charge on any atom is -0.449 e. The van der Waals surface area contributed by atoms with Crippen molar-refractivity contribution < 1.29 is 19.4 Å². The first kappa shape index (κ1) is 18.1. The van der Waals surface area contributed by atoms with E-state index >= 15 is 0 Å². The van der Waals surface area contributed by atoms with E-state index in [1.807, 2.05) is 6.92 Å². The Balaban J connectivity index is 1.51. The van der Waals surface area contributed by atoms with Gasteiger partial charge in [-0.2, -0.15) is 0 Å². The first-order valence-electron chi connectivity index (χ1n) is 7.79. The van der Waals surface area contributed by atoms with Gasteiger partial charge in [0.1, 0.15) is 16.4 Å². The van der Waals surface area contributed by atoms with Gasteiger partial charge in [0.2, 0.25) is 11.8 Å². The fourth-order valence-corrected chi connectivity index (χ4v) is 5.95. The van der Waals surface area contributed by atoms with Gasteiger partial charge >= 0.3 is 6.16 Å². The number of hydrogen-bond acceptors (Lipinski definition) is 10. The third-order valence-electron chi connectivity index (χ3n) is 3.84. The molecule has 2 aromatic heterocycles. The Morgan fingerprint density at radius 2 is 2.41 bits per heavy atom. The van der Waals surface area contributed by atoms with Crippen LogP contribution in [-0.4, -0.2) is 65.2 Å². The number of fused-ring (bicyclic) bond motifs is 1. The van der Waals surface area contributed by atoms with Crippen molar-refractivity contribution in [3.8, 4) is 0 Å². The predicted molar refractivity (Wildman–Crippen MR) is 101 cm³/mol. The van der Waals surface area contributed by atoms with Crippen molar-refractivity contribution in [3.05, 3.63) is 28.9 Å². The molecular formula is C14H14N6O4S3. The molecule has 4 heterocycles. The second kappa shape index (κ2) is 7.40. The fourth-order valence-electron chi connectivity index (χ4n) is 2.69. The van der Waals surface area contributed by atoms with Gasteiger partial charge in [-0.25, -0.2) is 9.78 Å². The lowest BCUT2D eigenvalue weighted by Crippen LogP contribution is -2.67. The number of imidazole rings is 1. The Bertz CT molecular complexity index is 899. The van der Waals surface area contributed by atoms with Gasteiger partial charge in [-0.3, -0.25) is 9.69 Å². The lowest BCUT2D eigenvalue weighted by Gasteiger charge is -2.49. The number of carbonyl (C=O) groups is 2. The van der Waals surface area contributed by atoms with Crippen LogP contribution >= 0.6 is 34.9 Å². The highest BCUT2D eigenvalue weighted by Crippen LogP contribution is 2.42. The third-order valence-corrected chi connectivity index (χ3v) is 7.24. The van der Waals surface area contributed by atoms with E-state index in [1.165, 1.54) is 28.0 Å². The smallest absolute Gasteiger partial charge is 0.449 e. The molecule has 0 radical (unpaired) electrons. The Morgan fingerprint density at radius 3 is 3.07 bits per heavy atom. The molecule has 13 heteroatoms. The van der Waals surface area contributed by atoms with Gasteiger partial charge in [-0.1, -0.05) is 23.1 Å². The van der Waals surface area contributed by atoms with E-state index in [-0.39, 0.29) is 17.2 Å². The molecular weight excluding hydrogens is 412 g/mol. The maximum Gasteiger partial charge on any atom is 0.512 e. The standard InChI is InChI=1S/C14H14N6O4S3/c1-6-18-19-13(27-6)26-5-7-4-25-11-8(17-12-15-2-3-16-12)9(21)20(11)10(7)24-14(22)23/h2-3,8,11H,4-5H2,1H3,(H,22,23)(H2,15,16,17)/t8?,11-/m0/s1. The summed E-state index contributed by atoms with van der Waals surface area (Å²) in [6.45, 7) is 1.87. The number of aryl methyl sites for hydroxylation is 1. The van der Waals surface area contributed by atoms with Crippen LogP contribution in [0.1, 0.15) is 5.01 Å². The molecule has 4 rings (SSSR count). The lowest BCUT2D eigenvalue weighted by molar-refractivity contribution is -0.143. The average molecular weight is 427 g/mol. The summed E-state index contributed by atoms with van der Waals surface area (Å²) in [4.78, 5) is 32.1. The van der Waals surface area contributed by atoms with Gasteiger partial charge in [-0.05, 0) is 6.92 Å². The highest BCUT2D eigenvalue weighted by Gasteiger charge is 2.53. The molecule has 1 amide bonds. The monoisotopic (exact) mass is 426 g/mol. The van der Waals surface area contributed by atoms with Crippen LogP contribution in [0.2, 0.25) is 0 Å². The lowest BCUT2D eigenvalue weighted by atomic mass is 10.1. The summed E-state index contributed by atoms with van der Waals surface area (Å²) in [6.07, 6.45) is 1.79. The van der Waals surface area contributed by atoms with Crippen molar-refractivity contribution in [2.75, 3.05) is 16.8 Å². The molecule has 2 aliphatic rings. The number of thioether (sulfide) groups is 2. The molecule has 2 aliphatic heterocycles. The Hall–Kier alpha value is -2.25. The Morgan fingerprint density at radius 1 is 1.56 bits per heavy atom. The third kappa shape index (κ3) is 3.61. The van der Waals surface area contributed by atoms with Gasteiger partial charge in [0.25, 0.3) is 5.91 Å². The number of hydrogen-bond donors (Lipinski definition) is 3. The molecule has 27 heavy (non-hydrogen) atoms. The fraction of sp³-hybridized carbons (Fsp3) is 0.357. The van der Waals surface area contributed by atoms with Crippen LogP contribution < -0.4 is 5.32 Å². The maximum absolute atomic E-state index is 12.6. The number of H-pyrrole nitrogens is 1. The Kier molecular flexibility index (Phi) is 4.97. The summed E-state index contributed by atoms with van der Waals surface area (Å²) in [5.41, 5.74) is 0.737. The molecule has 0 bridgehead atoms. The summed E-state index contributed by atoms with van der Waals surface area (Å²) in [7, 11) is 0. The highest BCUT2D eigenvalue weighted by atomic mass is 32.2. The molecule has 142 valence electrons. The number of aromatic nitrogens is 4. The highest BCUT2D eigenvalue weighted by molar-refractivity contribution is 8.01. The van der Waals surface area contributed by atoms with Crippen molar-refractivity contribution in [1.29, 1.82) is 0 Å². The number of carbonyl (C=O) groups excluding carboxylic acids is 1. The first-order valence-corrected chi connectivity index (χ1v) is 10.6. The number of nitrogens with one attached hydrogen (secondary N) is 2. The Labute approximate surface area is 165 Å². The number of aromatic amines is 1. The first-order chi connectivity index (χ1) is 13.0. The van der Waals surface area contributed by atoms with Crippen molar-refractivity contribution in [2.24, 2.45) is 0 Å². The normalized spacial score (nSPS) is 21.7. The van der Waals surface area contributed by atoms with E-state index in [0.29, 0.717) is 17.5 Å². The number of amides is 1. The summed E-state index contributed by atoms with van der Waals surface area (Å²) < 4.78 is 5.76. The molecule has 0 aliphatic carbocycles. The van der Waals surface area contributed by atoms with E-state index in [1.54, 1.807) is 24.2 Å². The number of β-lactam (4-membered cyclic amide) rings is 1. The molecule has 1 fully saturated rings. The second-order valence-corrected chi connectivity index (χ2v) is 9.13. The summed E-state index contributed by atoms with van der Waals surface area (Å²) in [6, 6.07) is -0.492. The quantitative estimate of drug-likeness (QED) is 0.357. The van der Waals surface area contributed by atoms with Crippen molar-refractivity contribution in [3.63, 3.8) is 0 Å². The molecule has 2 aromatic rings. The SMILES string of the molecule is Cc1nnc(SCC2=C(OC(=O)O)N3C(=O)C(Nc4ncc[nH]4)[C@@H]3SC2)s1. The van der Waals surface area contributed by atoms with Crippen LogP contribution in [0, 0.1) is 6.92 Å². The largest absolute Gasteiger partial charge is 0.512 e. The number of nitrogens with zero attached hydrogens (tertiary/aromatic N) is 4. The predicted octanol–water partition coefficient (Wildman–Crippen LogP) is 1.96. The molecule has 0 saturated carbocycles. The number of carboxylic acid groups (broad SMARTS) is 1. The molecule has 3 N–H and O–H groups in total. The average Bonchev–Trinajstić information content (AvgIpc) is 3.29. The minimum atomic E-state index is -1.44. The molecule has 0 aromatic carbocycles. The topological polar surface area (TPSA) is 133 Å². The zero-order valence-corrected chi connectivity index (χ0v) is 16.4. The number of ether oxygens (including phenoxy) is 1. The van der Waals surface area contributed by atoms with E-state index in [2.05, 4.69) is 25.5 Å². The summed E-state index contributed by atoms with van der Waals surface area (Å²) in [5, 5.41) is 20.7. The van der Waals surface area contributed by atoms with Crippen LogP contribution in [0.25, 0.3) is 0 Å². The van der Waals surface area contributed by atoms with Crippen LogP contribution in [0.4, 0.5) is 10.7 Å². The molecule has 10 nitrogen and oxygen atoms in total. The molecule has 1 saturated heterocycles. The minimum absolute atomic E-state index is 0.0995. The van der Waals surface area contributed by atoms with Gasteiger partial charge in [-0.15, -0.1) is 22.0 Å². The zero-order valence-electron chi connectivity index (χ0n) is 13.9. The van der Waals surface area contributed by atoms with E-state index in [0.717, 1.165) is 14.9 Å². The molecule has 0 spiro atoms. The molecule has 2 atom stereocenters. The van der Waals surface area contributed by atoms with Gasteiger partial charge in [0.15, 0.2) is 4.34 Å². The van der Waals surface area contributed by atoms with Crippen LogP contribution in [-0.2, 0) is 9.53 Å². The van der Waals surface area contributed by atoms with Crippen LogP contribution in [0.3, 0.4) is 0 Å². The van der Waals surface area contributed by atoms with Crippen molar-refractivity contribution in [1.82, 2.24) is 25.1 Å². The number of anilines is 1. The van der Waals surface area contributed by atoms with Gasteiger partial charge < -0.3 is 20.1 Å². The second-order valence-electron chi connectivity index (χ2n) is 5.62. The zero-order chi connectivity index (χ0) is 19.0. The van der Waals surface area contributed by atoms with Crippen LogP contribution in [0.5, 0.6) is 0 Å². The van der Waals surface area contributed by atoms with Gasteiger partial charge in [0.05, 0.1) is 0 Å². The van der Waals surface area contributed by atoms with Crippen molar-refractivity contribution in [2.45, 2.75) is 22.7 Å². The van der Waals surface area contributed by atoms with E-state index < -0.39 is 12.2 Å². The van der Waals surface area contributed by atoms with Gasteiger partial charge in [0, 0.05) is 29.5 Å². The number of rotatable bonds is 6. The van der Waals surface area contributed by atoms with Crippen LogP contribution in [0.15, 0.2) is 28.2 Å². The maximum atomic E-state index is 12.6. The van der Waals surface area contributed by atoms with E-state index in [4.69, 9.17) is 9.84 Å². The van der Waals surface area contributed by atoms with E-state index in [9.17, 15) is 9.59 Å². The summed E-state index contributed by atoms with van der Waals surface area (Å²) in [5.74, 6) is 1.36. The summed E-state index contributed by atoms with van der Waals surface area (Å²) >= 11 is 4.46. The van der Waals surface area contributed by atoms with Crippen molar-refractivity contribution >= 4 is 52.9 Å². The molecule has 1 unspecified atom stereocenters.